The molecule has 4 rings (SSSR count). The van der Waals surface area contributed by atoms with E-state index in [9.17, 15) is 24.3 Å². The molecule has 12 heteroatoms. The molecule has 2 amide bonds. The summed E-state index contributed by atoms with van der Waals surface area (Å²) in [4.78, 5) is 50.8. The number of hydrogen-bond acceptors (Lipinski definition) is 9. The quantitative estimate of drug-likeness (QED) is 0.235. The lowest BCUT2D eigenvalue weighted by molar-refractivity contribution is -0.155. The lowest BCUT2D eigenvalue weighted by Gasteiger charge is -2.30. The minimum Gasteiger partial charge on any atom is -0.460 e. The fourth-order valence-electron chi connectivity index (χ4n) is 4.80. The third-order valence-corrected chi connectivity index (χ3v) is 7.66. The van der Waals surface area contributed by atoms with E-state index in [4.69, 9.17) is 18.9 Å². The number of aliphatic hydroxyl groups is 1. The van der Waals surface area contributed by atoms with Gasteiger partial charge in [0.05, 0.1) is 18.2 Å². The number of aliphatic hydroxyl groups excluding tert-OH is 1. The zero-order valence-electron chi connectivity index (χ0n) is 24.8. The van der Waals surface area contributed by atoms with Gasteiger partial charge >= 0.3 is 11.9 Å². The summed E-state index contributed by atoms with van der Waals surface area (Å²) in [6.45, 7) is 5.15. The van der Waals surface area contributed by atoms with Crippen LogP contribution in [0.3, 0.4) is 0 Å². The highest BCUT2D eigenvalue weighted by molar-refractivity contribution is 14.1. The standard InChI is InChI=1S/C32H37IN2O9/c1-32(2,3)44-27(37)12-11-24(17-36)35-30(39)21-6-4-5-19(13-21)16-34-29(38)22-14-25-28(42-18-41-25)26(15-22)43-31(40)20-7-9-23(33)10-8-20/h4-10,13-14,24-26,28,36H,11-12,15-18H2,1-3H3,(H,34,38)(H,35,39)/t24-,25+,26+,28+/m0/s1. The van der Waals surface area contributed by atoms with Crippen molar-refractivity contribution in [3.05, 3.63) is 80.4 Å². The summed E-state index contributed by atoms with van der Waals surface area (Å²) < 4.78 is 23.3. The molecular formula is C32H37IN2O9. The minimum absolute atomic E-state index is 0.0330. The molecule has 236 valence electrons. The van der Waals surface area contributed by atoms with E-state index in [1.807, 2.05) is 12.1 Å². The van der Waals surface area contributed by atoms with Crippen LogP contribution >= 0.6 is 22.6 Å². The molecule has 4 atom stereocenters. The lowest BCUT2D eigenvalue weighted by atomic mass is 9.91. The molecule has 0 radical (unpaired) electrons. The van der Waals surface area contributed by atoms with Crippen LogP contribution in [0.15, 0.2) is 60.2 Å². The molecule has 1 aliphatic carbocycles. The van der Waals surface area contributed by atoms with E-state index in [2.05, 4.69) is 33.2 Å². The Labute approximate surface area is 269 Å². The van der Waals surface area contributed by atoms with Crippen molar-refractivity contribution in [3.63, 3.8) is 0 Å². The number of ether oxygens (including phenoxy) is 4. The lowest BCUT2D eigenvalue weighted by Crippen LogP contribution is -2.43. The Bertz CT molecular complexity index is 1390. The van der Waals surface area contributed by atoms with Gasteiger partial charge < -0.3 is 34.7 Å². The molecule has 1 aliphatic heterocycles. The number of benzene rings is 2. The van der Waals surface area contributed by atoms with Crippen molar-refractivity contribution in [3.8, 4) is 0 Å². The van der Waals surface area contributed by atoms with Crippen LogP contribution in [0, 0.1) is 3.57 Å². The molecule has 1 fully saturated rings. The van der Waals surface area contributed by atoms with Crippen molar-refractivity contribution in [2.75, 3.05) is 13.4 Å². The highest BCUT2D eigenvalue weighted by atomic mass is 127. The summed E-state index contributed by atoms with van der Waals surface area (Å²) in [5, 5.41) is 15.3. The van der Waals surface area contributed by atoms with Crippen LogP contribution in [0.1, 0.15) is 66.3 Å². The van der Waals surface area contributed by atoms with Crippen LogP contribution in [-0.4, -0.2) is 72.2 Å². The predicted molar refractivity (Wildman–Crippen MR) is 167 cm³/mol. The fraction of sp³-hybridized carbons (Fsp3) is 0.438. The second-order valence-corrected chi connectivity index (χ2v) is 12.8. The predicted octanol–water partition coefficient (Wildman–Crippen LogP) is 3.42. The highest BCUT2D eigenvalue weighted by Crippen LogP contribution is 2.31. The number of fused-ring (bicyclic) bond motifs is 1. The summed E-state index contributed by atoms with van der Waals surface area (Å²) in [6.07, 6.45) is 0.373. The van der Waals surface area contributed by atoms with E-state index in [0.29, 0.717) is 22.3 Å². The molecule has 11 nitrogen and oxygen atoms in total. The van der Waals surface area contributed by atoms with Gasteiger partial charge in [-0.3, -0.25) is 14.4 Å². The first-order chi connectivity index (χ1) is 20.9. The molecule has 3 N–H and O–H groups in total. The monoisotopic (exact) mass is 720 g/mol. The third kappa shape index (κ3) is 9.58. The fourth-order valence-corrected chi connectivity index (χ4v) is 5.16. The van der Waals surface area contributed by atoms with E-state index in [1.165, 1.54) is 0 Å². The molecule has 0 unspecified atom stereocenters. The van der Waals surface area contributed by atoms with Gasteiger partial charge in [-0.05, 0) is 97.8 Å². The zero-order chi connectivity index (χ0) is 31.9. The van der Waals surface area contributed by atoms with Crippen LogP contribution in [0.25, 0.3) is 0 Å². The average molecular weight is 721 g/mol. The minimum atomic E-state index is -0.707. The number of carbonyl (C=O) groups is 4. The number of halogens is 1. The van der Waals surface area contributed by atoms with Gasteiger partial charge in [-0.15, -0.1) is 0 Å². The Morgan fingerprint density at radius 2 is 1.80 bits per heavy atom. The Hall–Kier alpha value is -3.33. The van der Waals surface area contributed by atoms with Crippen molar-refractivity contribution in [2.24, 2.45) is 0 Å². The molecule has 0 aromatic heterocycles. The molecule has 0 saturated carbocycles. The summed E-state index contributed by atoms with van der Waals surface area (Å²) in [5.74, 6) is -1.69. The van der Waals surface area contributed by atoms with Gasteiger partial charge in [-0.1, -0.05) is 12.1 Å². The third-order valence-electron chi connectivity index (χ3n) is 6.94. The molecule has 2 aliphatic rings. The molecule has 0 bridgehead atoms. The second kappa shape index (κ2) is 15.1. The summed E-state index contributed by atoms with van der Waals surface area (Å²) >= 11 is 2.15. The smallest absolute Gasteiger partial charge is 0.338 e. The number of esters is 2. The van der Waals surface area contributed by atoms with Gasteiger partial charge in [0.25, 0.3) is 5.91 Å². The van der Waals surface area contributed by atoms with E-state index in [0.717, 1.165) is 3.57 Å². The number of rotatable bonds is 11. The number of hydrogen-bond donors (Lipinski definition) is 3. The Morgan fingerprint density at radius 1 is 1.05 bits per heavy atom. The molecule has 0 spiro atoms. The van der Waals surface area contributed by atoms with E-state index >= 15 is 0 Å². The van der Waals surface area contributed by atoms with Crippen molar-refractivity contribution in [1.29, 1.82) is 0 Å². The maximum absolute atomic E-state index is 13.2. The van der Waals surface area contributed by atoms with Crippen LogP contribution in [0.2, 0.25) is 0 Å². The van der Waals surface area contributed by atoms with Crippen molar-refractivity contribution < 1.29 is 43.2 Å². The first-order valence-corrected chi connectivity index (χ1v) is 15.4. The Morgan fingerprint density at radius 3 is 2.50 bits per heavy atom. The van der Waals surface area contributed by atoms with Crippen LogP contribution in [0.5, 0.6) is 0 Å². The number of amides is 2. The normalized spacial score (nSPS) is 20.1. The maximum atomic E-state index is 13.2. The Balaban J connectivity index is 1.32. The zero-order valence-corrected chi connectivity index (χ0v) is 27.0. The highest BCUT2D eigenvalue weighted by Gasteiger charge is 2.42. The van der Waals surface area contributed by atoms with Crippen LogP contribution in [-0.2, 0) is 35.1 Å². The number of nitrogens with one attached hydrogen (secondary N) is 2. The van der Waals surface area contributed by atoms with Gasteiger partial charge in [0, 0.05) is 34.1 Å². The number of carbonyl (C=O) groups excluding carboxylic acids is 4. The van der Waals surface area contributed by atoms with Crippen molar-refractivity contribution in [1.82, 2.24) is 10.6 Å². The first kappa shape index (κ1) is 33.6. The molecule has 2 aromatic rings. The molecule has 1 heterocycles. The van der Waals surface area contributed by atoms with E-state index in [-0.39, 0.29) is 45.1 Å². The average Bonchev–Trinajstić information content (AvgIpc) is 3.47. The summed E-state index contributed by atoms with van der Waals surface area (Å²) in [5.41, 5.74) is 1.21. The molecule has 2 aromatic carbocycles. The largest absolute Gasteiger partial charge is 0.460 e. The van der Waals surface area contributed by atoms with Crippen molar-refractivity contribution >= 4 is 46.3 Å². The molecular weight excluding hydrogens is 683 g/mol. The molecule has 1 saturated heterocycles. The van der Waals surface area contributed by atoms with E-state index in [1.54, 1.807) is 63.2 Å². The van der Waals surface area contributed by atoms with Gasteiger partial charge in [-0.2, -0.15) is 0 Å². The van der Waals surface area contributed by atoms with Gasteiger partial charge in [0.1, 0.15) is 30.7 Å². The van der Waals surface area contributed by atoms with Crippen LogP contribution in [0.4, 0.5) is 0 Å². The van der Waals surface area contributed by atoms with Crippen LogP contribution < -0.4 is 10.6 Å². The van der Waals surface area contributed by atoms with Crippen molar-refractivity contribution in [2.45, 2.75) is 76.5 Å². The first-order valence-electron chi connectivity index (χ1n) is 14.3. The molecule has 44 heavy (non-hydrogen) atoms. The Kier molecular flexibility index (Phi) is 11.5. The topological polar surface area (TPSA) is 149 Å². The summed E-state index contributed by atoms with van der Waals surface area (Å²) in [7, 11) is 0. The van der Waals surface area contributed by atoms with Gasteiger partial charge in [0.2, 0.25) is 5.91 Å². The van der Waals surface area contributed by atoms with E-state index < -0.39 is 47.8 Å². The van der Waals surface area contributed by atoms with Gasteiger partial charge in [0.15, 0.2) is 0 Å². The SMILES string of the molecule is CC(C)(C)OC(=O)CC[C@@H](CO)NC(=O)c1cccc(CNC(=O)C2=C[C@H]3OCO[C@H]3[C@H](OC(=O)c3ccc(I)cc3)C2)c1. The second-order valence-electron chi connectivity index (χ2n) is 11.6. The van der Waals surface area contributed by atoms with Gasteiger partial charge in [-0.25, -0.2) is 4.79 Å². The maximum Gasteiger partial charge on any atom is 0.338 e. The summed E-state index contributed by atoms with van der Waals surface area (Å²) in [6, 6.07) is 13.1.